The smallest absolute Gasteiger partial charge is 0.102 e. The molecule has 1 rings (SSSR count). The van der Waals surface area contributed by atoms with Crippen molar-refractivity contribution in [2.45, 2.75) is 13.8 Å². The van der Waals surface area contributed by atoms with Gasteiger partial charge in [-0.2, -0.15) is 0 Å². The average molecular weight is 224 g/mol. The molecule has 0 unspecified atom stereocenters. The highest BCUT2D eigenvalue weighted by atomic mass is 19.1. The van der Waals surface area contributed by atoms with Gasteiger partial charge in [0.25, 0.3) is 0 Å². The second-order valence-corrected chi connectivity index (χ2v) is 3.85. The number of nitrogens with one attached hydrogen (secondary N) is 1. The van der Waals surface area contributed by atoms with Gasteiger partial charge < -0.3 is 10.2 Å². The van der Waals surface area contributed by atoms with E-state index in [1.54, 1.807) is 0 Å². The van der Waals surface area contributed by atoms with Crippen LogP contribution in [-0.4, -0.2) is 32.9 Å². The van der Waals surface area contributed by atoms with Crippen LogP contribution >= 0.6 is 0 Å². The van der Waals surface area contributed by atoms with Crippen molar-refractivity contribution < 1.29 is 4.39 Å². The lowest BCUT2D eigenvalue weighted by Crippen LogP contribution is -2.32. The molecule has 90 valence electrons. The minimum absolute atomic E-state index is 0.295. The van der Waals surface area contributed by atoms with Crippen LogP contribution < -0.4 is 10.2 Å². The molecule has 0 aliphatic rings. The molecular weight excluding hydrogens is 203 g/mol. The standard InChI is InChI=1S/C13H21FN2/c1-3-16(11-10-15-9-8-14)13-6-4-12(2)5-7-13/h4-7,15H,3,8-11H2,1-2H3. The Hall–Kier alpha value is -1.09. The third-order valence-corrected chi connectivity index (χ3v) is 2.61. The number of rotatable bonds is 7. The first-order chi connectivity index (χ1) is 7.77. The first kappa shape index (κ1) is 13.0. The molecular formula is C13H21FN2. The van der Waals surface area contributed by atoms with Crippen LogP contribution in [0.3, 0.4) is 0 Å². The normalized spacial score (nSPS) is 10.4. The Morgan fingerprint density at radius 1 is 1.19 bits per heavy atom. The van der Waals surface area contributed by atoms with E-state index in [-0.39, 0.29) is 6.67 Å². The Kier molecular flexibility index (Phi) is 5.86. The van der Waals surface area contributed by atoms with Crippen LogP contribution in [0.5, 0.6) is 0 Å². The molecule has 0 saturated heterocycles. The summed E-state index contributed by atoms with van der Waals surface area (Å²) in [6.07, 6.45) is 0. The SMILES string of the molecule is CCN(CCNCCF)c1ccc(C)cc1. The van der Waals surface area contributed by atoms with Crippen molar-refractivity contribution in [1.29, 1.82) is 0 Å². The zero-order valence-corrected chi connectivity index (χ0v) is 10.2. The number of hydrogen-bond donors (Lipinski definition) is 1. The molecule has 1 aromatic carbocycles. The van der Waals surface area contributed by atoms with E-state index >= 15 is 0 Å². The van der Waals surface area contributed by atoms with E-state index < -0.39 is 0 Å². The molecule has 0 spiro atoms. The maximum absolute atomic E-state index is 11.9. The summed E-state index contributed by atoms with van der Waals surface area (Å²) >= 11 is 0. The summed E-state index contributed by atoms with van der Waals surface area (Å²) < 4.78 is 11.9. The van der Waals surface area contributed by atoms with Gasteiger partial charge in [-0.3, -0.25) is 0 Å². The van der Waals surface area contributed by atoms with E-state index in [9.17, 15) is 4.39 Å². The molecule has 0 aliphatic heterocycles. The fraction of sp³-hybridized carbons (Fsp3) is 0.538. The van der Waals surface area contributed by atoms with Crippen LogP contribution in [0.25, 0.3) is 0 Å². The van der Waals surface area contributed by atoms with Crippen molar-refractivity contribution in [3.8, 4) is 0 Å². The Balaban J connectivity index is 2.44. The molecule has 3 heteroatoms. The topological polar surface area (TPSA) is 15.3 Å². The van der Waals surface area contributed by atoms with E-state index in [4.69, 9.17) is 0 Å². The molecule has 1 N–H and O–H groups in total. The fourth-order valence-electron chi connectivity index (χ4n) is 1.63. The van der Waals surface area contributed by atoms with E-state index in [0.29, 0.717) is 6.54 Å². The minimum atomic E-state index is -0.295. The summed E-state index contributed by atoms with van der Waals surface area (Å²) in [5, 5.41) is 3.06. The summed E-state index contributed by atoms with van der Waals surface area (Å²) in [5.41, 5.74) is 2.51. The molecule has 0 atom stereocenters. The van der Waals surface area contributed by atoms with E-state index in [2.05, 4.69) is 48.3 Å². The largest absolute Gasteiger partial charge is 0.371 e. The number of aryl methyl sites for hydroxylation is 1. The van der Waals surface area contributed by atoms with Gasteiger partial charge in [-0.15, -0.1) is 0 Å². The van der Waals surface area contributed by atoms with Gasteiger partial charge in [0, 0.05) is 31.9 Å². The number of likely N-dealkylation sites (N-methyl/N-ethyl adjacent to an activating group) is 1. The zero-order chi connectivity index (χ0) is 11.8. The summed E-state index contributed by atoms with van der Waals surface area (Å²) in [6.45, 7) is 7.09. The molecule has 0 radical (unpaired) electrons. The lowest BCUT2D eigenvalue weighted by Gasteiger charge is -2.23. The molecule has 0 saturated carbocycles. The van der Waals surface area contributed by atoms with Crippen molar-refractivity contribution in [1.82, 2.24) is 5.32 Å². The molecule has 1 aromatic rings. The van der Waals surface area contributed by atoms with E-state index in [1.807, 2.05) is 0 Å². The third kappa shape index (κ3) is 4.19. The van der Waals surface area contributed by atoms with Crippen molar-refractivity contribution in [3.05, 3.63) is 29.8 Å². The van der Waals surface area contributed by atoms with Gasteiger partial charge in [-0.25, -0.2) is 4.39 Å². The fourth-order valence-corrected chi connectivity index (χ4v) is 1.63. The molecule has 0 heterocycles. The van der Waals surface area contributed by atoms with Crippen LogP contribution in [0.4, 0.5) is 10.1 Å². The first-order valence-electron chi connectivity index (χ1n) is 5.86. The molecule has 0 bridgehead atoms. The second kappa shape index (κ2) is 7.23. The number of halogens is 1. The van der Waals surface area contributed by atoms with Crippen LogP contribution in [0.1, 0.15) is 12.5 Å². The first-order valence-corrected chi connectivity index (χ1v) is 5.86. The second-order valence-electron chi connectivity index (χ2n) is 3.85. The lowest BCUT2D eigenvalue weighted by molar-refractivity contribution is 0.468. The monoisotopic (exact) mass is 224 g/mol. The molecule has 0 aliphatic carbocycles. The molecule has 16 heavy (non-hydrogen) atoms. The van der Waals surface area contributed by atoms with Gasteiger partial charge in [0.05, 0.1) is 0 Å². The maximum Gasteiger partial charge on any atom is 0.102 e. The zero-order valence-electron chi connectivity index (χ0n) is 10.2. The predicted molar refractivity (Wildman–Crippen MR) is 67.9 cm³/mol. The summed E-state index contributed by atoms with van der Waals surface area (Å²) in [5.74, 6) is 0. The average Bonchev–Trinajstić information content (AvgIpc) is 2.31. The van der Waals surface area contributed by atoms with Crippen molar-refractivity contribution in [2.75, 3.05) is 37.8 Å². The maximum atomic E-state index is 11.9. The van der Waals surface area contributed by atoms with Gasteiger partial charge in [0.15, 0.2) is 0 Å². The lowest BCUT2D eigenvalue weighted by atomic mass is 10.2. The Morgan fingerprint density at radius 3 is 2.44 bits per heavy atom. The van der Waals surface area contributed by atoms with Gasteiger partial charge >= 0.3 is 0 Å². The van der Waals surface area contributed by atoms with Gasteiger partial charge in [0.1, 0.15) is 6.67 Å². The van der Waals surface area contributed by atoms with Crippen molar-refractivity contribution in [2.24, 2.45) is 0 Å². The highest BCUT2D eigenvalue weighted by Gasteiger charge is 2.02. The Bertz CT molecular complexity index is 284. The highest BCUT2D eigenvalue weighted by molar-refractivity contribution is 5.47. The quantitative estimate of drug-likeness (QED) is 0.715. The van der Waals surface area contributed by atoms with Crippen LogP contribution in [-0.2, 0) is 0 Å². The summed E-state index contributed by atoms with van der Waals surface area (Å²) in [4.78, 5) is 2.28. The molecule has 0 aromatic heterocycles. The number of alkyl halides is 1. The Morgan fingerprint density at radius 2 is 1.88 bits per heavy atom. The summed E-state index contributed by atoms with van der Waals surface area (Å²) in [6, 6.07) is 8.50. The van der Waals surface area contributed by atoms with Gasteiger partial charge in [-0.1, -0.05) is 17.7 Å². The third-order valence-electron chi connectivity index (χ3n) is 2.61. The highest BCUT2D eigenvalue weighted by Crippen LogP contribution is 2.13. The number of benzene rings is 1. The molecule has 2 nitrogen and oxygen atoms in total. The van der Waals surface area contributed by atoms with Gasteiger partial charge in [-0.05, 0) is 26.0 Å². The van der Waals surface area contributed by atoms with Crippen LogP contribution in [0, 0.1) is 6.92 Å². The van der Waals surface area contributed by atoms with Crippen LogP contribution in [0.15, 0.2) is 24.3 Å². The Labute approximate surface area is 97.5 Å². The summed E-state index contributed by atoms with van der Waals surface area (Å²) in [7, 11) is 0. The number of nitrogens with zero attached hydrogens (tertiary/aromatic N) is 1. The predicted octanol–water partition coefficient (Wildman–Crippen LogP) is 2.38. The molecule has 0 fully saturated rings. The van der Waals surface area contributed by atoms with Gasteiger partial charge in [0.2, 0.25) is 0 Å². The number of hydrogen-bond acceptors (Lipinski definition) is 2. The van der Waals surface area contributed by atoms with E-state index in [1.165, 1.54) is 11.3 Å². The van der Waals surface area contributed by atoms with Crippen LogP contribution in [0.2, 0.25) is 0 Å². The van der Waals surface area contributed by atoms with E-state index in [0.717, 1.165) is 19.6 Å². The molecule has 0 amide bonds. The minimum Gasteiger partial charge on any atom is -0.371 e. The number of anilines is 1. The van der Waals surface area contributed by atoms with Crippen molar-refractivity contribution in [3.63, 3.8) is 0 Å². The van der Waals surface area contributed by atoms with Crippen molar-refractivity contribution >= 4 is 5.69 Å².